The second-order valence-corrected chi connectivity index (χ2v) is 6.45. The summed E-state index contributed by atoms with van der Waals surface area (Å²) < 4.78 is 3.09. The van der Waals surface area contributed by atoms with Gasteiger partial charge in [0.05, 0.1) is 17.1 Å². The van der Waals surface area contributed by atoms with Crippen LogP contribution in [0.4, 0.5) is 5.82 Å². The summed E-state index contributed by atoms with van der Waals surface area (Å²) >= 11 is 0. The van der Waals surface area contributed by atoms with Crippen molar-refractivity contribution >= 4 is 28.4 Å². The molecule has 0 bridgehead atoms. The van der Waals surface area contributed by atoms with Gasteiger partial charge in [-0.15, -0.1) is 0 Å². The second kappa shape index (κ2) is 5.25. The Balaban J connectivity index is 1.64. The highest BCUT2D eigenvalue weighted by Gasteiger charge is 2.28. The van der Waals surface area contributed by atoms with Crippen LogP contribution in [0.25, 0.3) is 16.7 Å². The standard InChI is InChI=1S/C17H15N7O2/c1-23-15-14(17(26)22-23)10(8-11(20-15)9-2-3-9)16(25)21-13-4-6-18-12-5-7-19-24(12)13/h4-9H,2-3H2,1H3,(H,21,25)(H,22,26). The van der Waals surface area contributed by atoms with Gasteiger partial charge >= 0.3 is 0 Å². The Hall–Kier alpha value is -3.49. The molecule has 9 nitrogen and oxygen atoms in total. The van der Waals surface area contributed by atoms with Crippen molar-refractivity contribution < 1.29 is 4.79 Å². The molecule has 0 unspecified atom stereocenters. The molecule has 130 valence electrons. The average Bonchev–Trinajstić information content (AvgIpc) is 3.30. The van der Waals surface area contributed by atoms with E-state index in [-0.39, 0.29) is 11.5 Å². The third-order valence-corrected chi connectivity index (χ3v) is 4.61. The number of rotatable bonds is 3. The lowest BCUT2D eigenvalue weighted by atomic mass is 10.1. The number of nitrogens with zero attached hydrogens (tertiary/aromatic N) is 5. The van der Waals surface area contributed by atoms with Gasteiger partial charge in [-0.1, -0.05) is 0 Å². The maximum Gasteiger partial charge on any atom is 0.274 e. The topological polar surface area (TPSA) is 110 Å². The van der Waals surface area contributed by atoms with Gasteiger partial charge in [-0.2, -0.15) is 9.61 Å². The van der Waals surface area contributed by atoms with E-state index in [1.54, 1.807) is 42.3 Å². The fourth-order valence-electron chi connectivity index (χ4n) is 3.16. The van der Waals surface area contributed by atoms with E-state index in [0.717, 1.165) is 18.5 Å². The number of nitrogens with one attached hydrogen (secondary N) is 2. The average molecular weight is 349 g/mol. The van der Waals surface area contributed by atoms with E-state index in [0.29, 0.717) is 34.0 Å². The van der Waals surface area contributed by atoms with Gasteiger partial charge in [0.2, 0.25) is 0 Å². The van der Waals surface area contributed by atoms with Crippen molar-refractivity contribution in [1.29, 1.82) is 0 Å². The molecule has 4 aromatic rings. The van der Waals surface area contributed by atoms with Crippen LogP contribution in [-0.4, -0.2) is 35.3 Å². The number of hydrogen-bond donors (Lipinski definition) is 2. The van der Waals surface area contributed by atoms with Gasteiger partial charge in [-0.05, 0) is 25.0 Å². The Bertz CT molecular complexity index is 1230. The Labute approximate surface area is 146 Å². The molecular formula is C17H15N7O2. The number of fused-ring (bicyclic) bond motifs is 2. The van der Waals surface area contributed by atoms with Crippen LogP contribution in [-0.2, 0) is 7.05 Å². The highest BCUT2D eigenvalue weighted by Crippen LogP contribution is 2.40. The van der Waals surface area contributed by atoms with Crippen LogP contribution >= 0.6 is 0 Å². The number of amides is 1. The van der Waals surface area contributed by atoms with Crippen LogP contribution in [0.2, 0.25) is 0 Å². The smallest absolute Gasteiger partial charge is 0.274 e. The normalized spacial score (nSPS) is 14.2. The third-order valence-electron chi connectivity index (χ3n) is 4.61. The first kappa shape index (κ1) is 14.8. The van der Waals surface area contributed by atoms with Gasteiger partial charge in [-0.25, -0.2) is 9.97 Å². The molecule has 5 rings (SSSR count). The number of hydrogen-bond acceptors (Lipinski definition) is 5. The van der Waals surface area contributed by atoms with Crippen molar-refractivity contribution in [2.24, 2.45) is 7.05 Å². The van der Waals surface area contributed by atoms with Gasteiger partial charge in [0.1, 0.15) is 5.82 Å². The zero-order valence-corrected chi connectivity index (χ0v) is 13.9. The summed E-state index contributed by atoms with van der Waals surface area (Å²) in [4.78, 5) is 34.1. The summed E-state index contributed by atoms with van der Waals surface area (Å²) in [5, 5.41) is 9.96. The second-order valence-electron chi connectivity index (χ2n) is 6.45. The predicted molar refractivity (Wildman–Crippen MR) is 94.2 cm³/mol. The molecule has 4 aromatic heterocycles. The van der Waals surface area contributed by atoms with Crippen molar-refractivity contribution in [2.75, 3.05) is 5.32 Å². The minimum Gasteiger partial charge on any atom is -0.306 e. The molecule has 0 aliphatic heterocycles. The van der Waals surface area contributed by atoms with Gasteiger partial charge in [0.25, 0.3) is 11.5 Å². The summed E-state index contributed by atoms with van der Waals surface area (Å²) in [6.45, 7) is 0. The van der Waals surface area contributed by atoms with Gasteiger partial charge in [-0.3, -0.25) is 19.4 Å². The van der Waals surface area contributed by atoms with Crippen molar-refractivity contribution in [3.05, 3.63) is 52.2 Å². The van der Waals surface area contributed by atoms with Gasteiger partial charge in [0.15, 0.2) is 11.3 Å². The van der Waals surface area contributed by atoms with Crippen LogP contribution in [0.1, 0.15) is 34.8 Å². The molecule has 1 amide bonds. The molecule has 0 radical (unpaired) electrons. The molecule has 2 N–H and O–H groups in total. The molecular weight excluding hydrogens is 334 g/mol. The number of carbonyl (C=O) groups excluding carboxylic acids is 1. The van der Waals surface area contributed by atoms with E-state index in [4.69, 9.17) is 0 Å². The Morgan fingerprint density at radius 1 is 1.31 bits per heavy atom. The highest BCUT2D eigenvalue weighted by atomic mass is 16.2. The summed E-state index contributed by atoms with van der Waals surface area (Å²) in [5.41, 5.74) is 1.94. The third kappa shape index (κ3) is 2.20. The number of anilines is 1. The number of aromatic nitrogens is 6. The molecule has 9 heteroatoms. The first-order chi connectivity index (χ1) is 12.6. The van der Waals surface area contributed by atoms with Crippen LogP contribution in [0.5, 0.6) is 0 Å². The highest BCUT2D eigenvalue weighted by molar-refractivity contribution is 6.11. The fraction of sp³-hybridized carbons (Fsp3) is 0.235. The molecule has 1 fully saturated rings. The lowest BCUT2D eigenvalue weighted by molar-refractivity contribution is 0.102. The van der Waals surface area contributed by atoms with Crippen LogP contribution < -0.4 is 10.9 Å². The zero-order chi connectivity index (χ0) is 17.8. The van der Waals surface area contributed by atoms with E-state index in [2.05, 4.69) is 25.5 Å². The van der Waals surface area contributed by atoms with Crippen molar-refractivity contribution in [1.82, 2.24) is 29.4 Å². The van der Waals surface area contributed by atoms with E-state index in [1.165, 1.54) is 4.52 Å². The molecule has 0 saturated heterocycles. The monoisotopic (exact) mass is 349 g/mol. The Morgan fingerprint density at radius 2 is 2.15 bits per heavy atom. The minimum atomic E-state index is -0.376. The number of aryl methyl sites for hydroxylation is 1. The lowest BCUT2D eigenvalue weighted by Crippen LogP contribution is -2.17. The summed E-state index contributed by atoms with van der Waals surface area (Å²) in [6, 6.07) is 5.13. The molecule has 1 saturated carbocycles. The number of H-pyrrole nitrogens is 1. The van der Waals surface area contributed by atoms with Crippen LogP contribution in [0.3, 0.4) is 0 Å². The SMILES string of the molecule is Cn1[nH]c(=O)c2c(C(=O)Nc3ccnc4ccnn34)cc(C3CC3)nc21. The van der Waals surface area contributed by atoms with E-state index < -0.39 is 0 Å². The molecule has 1 aliphatic carbocycles. The quantitative estimate of drug-likeness (QED) is 0.581. The van der Waals surface area contributed by atoms with Gasteiger partial charge < -0.3 is 5.32 Å². The van der Waals surface area contributed by atoms with E-state index >= 15 is 0 Å². The largest absolute Gasteiger partial charge is 0.306 e. The molecule has 1 aliphatic rings. The summed E-state index contributed by atoms with van der Waals surface area (Å²) in [5.74, 6) is 0.462. The number of aromatic amines is 1. The van der Waals surface area contributed by atoms with Crippen molar-refractivity contribution in [3.63, 3.8) is 0 Å². The van der Waals surface area contributed by atoms with Crippen molar-refractivity contribution in [3.8, 4) is 0 Å². The van der Waals surface area contributed by atoms with Crippen LogP contribution in [0.15, 0.2) is 35.4 Å². The maximum atomic E-state index is 13.0. The van der Waals surface area contributed by atoms with Crippen molar-refractivity contribution in [2.45, 2.75) is 18.8 Å². The zero-order valence-electron chi connectivity index (χ0n) is 13.9. The number of carbonyl (C=O) groups is 1. The van der Waals surface area contributed by atoms with Gasteiger partial charge in [0, 0.05) is 30.9 Å². The van der Waals surface area contributed by atoms with E-state index in [9.17, 15) is 9.59 Å². The lowest BCUT2D eigenvalue weighted by Gasteiger charge is -2.09. The first-order valence-corrected chi connectivity index (χ1v) is 8.31. The maximum absolute atomic E-state index is 13.0. The summed E-state index contributed by atoms with van der Waals surface area (Å²) in [6.07, 6.45) is 5.31. The first-order valence-electron chi connectivity index (χ1n) is 8.31. The van der Waals surface area contributed by atoms with Crippen LogP contribution in [0, 0.1) is 0 Å². The molecule has 26 heavy (non-hydrogen) atoms. The van der Waals surface area contributed by atoms with E-state index in [1.807, 2.05) is 0 Å². The molecule has 0 aromatic carbocycles. The molecule has 4 heterocycles. The summed E-state index contributed by atoms with van der Waals surface area (Å²) in [7, 11) is 1.71. The molecule has 0 spiro atoms. The fourth-order valence-corrected chi connectivity index (χ4v) is 3.16. The molecule has 0 atom stereocenters. The minimum absolute atomic E-state index is 0.292. The predicted octanol–water partition coefficient (Wildman–Crippen LogP) is 1.43. The Morgan fingerprint density at radius 3 is 2.96 bits per heavy atom. The number of pyridine rings is 1. The Kier molecular flexibility index (Phi) is 2.99.